The summed E-state index contributed by atoms with van der Waals surface area (Å²) in [7, 11) is 0. The van der Waals surface area contributed by atoms with Crippen LogP contribution >= 0.6 is 0 Å². The first-order valence-corrected chi connectivity index (χ1v) is 10.4. The van der Waals surface area contributed by atoms with Crippen molar-refractivity contribution in [3.05, 3.63) is 48.1 Å². The van der Waals surface area contributed by atoms with Crippen molar-refractivity contribution in [3.63, 3.8) is 0 Å². The number of unbranched alkanes of at least 4 members (excludes halogenated alkanes) is 5. The van der Waals surface area contributed by atoms with E-state index in [1.165, 1.54) is 6.08 Å². The molecular weight excluding hydrogens is 368 g/mol. The van der Waals surface area contributed by atoms with Gasteiger partial charge in [0, 0.05) is 11.6 Å². The van der Waals surface area contributed by atoms with Crippen LogP contribution in [-0.4, -0.2) is 31.8 Å². The van der Waals surface area contributed by atoms with Gasteiger partial charge in [-0.2, -0.15) is 0 Å². The highest BCUT2D eigenvalue weighted by molar-refractivity contribution is 5.87. The third-order valence-corrected chi connectivity index (χ3v) is 4.17. The molecule has 1 rings (SSSR count). The quantitative estimate of drug-likeness (QED) is 0.220. The fraction of sp³-hybridized carbons (Fsp3) is 0.500. The molecule has 0 saturated heterocycles. The van der Waals surface area contributed by atoms with Crippen LogP contribution in [0.2, 0.25) is 0 Å². The summed E-state index contributed by atoms with van der Waals surface area (Å²) in [5, 5.41) is 0. The monoisotopic (exact) mass is 402 g/mol. The van der Waals surface area contributed by atoms with Gasteiger partial charge < -0.3 is 14.2 Å². The van der Waals surface area contributed by atoms with Crippen LogP contribution in [0.5, 0.6) is 5.75 Å². The van der Waals surface area contributed by atoms with Crippen LogP contribution in [-0.2, 0) is 19.1 Å². The summed E-state index contributed by atoms with van der Waals surface area (Å²) in [4.78, 5) is 22.8. The van der Waals surface area contributed by atoms with Gasteiger partial charge in [0.25, 0.3) is 0 Å². The molecular formula is C24H34O5. The van der Waals surface area contributed by atoms with E-state index < -0.39 is 0 Å². The Bertz CT molecular complexity index is 646. The largest absolute Gasteiger partial charge is 0.494 e. The van der Waals surface area contributed by atoms with Crippen molar-refractivity contribution >= 4 is 18.0 Å². The second-order valence-corrected chi connectivity index (χ2v) is 6.96. The van der Waals surface area contributed by atoms with Crippen LogP contribution in [0, 0.1) is 0 Å². The Morgan fingerprint density at radius 1 is 0.897 bits per heavy atom. The molecule has 0 heterocycles. The van der Waals surface area contributed by atoms with E-state index in [0.717, 1.165) is 56.3 Å². The number of rotatable bonds is 15. The maximum atomic E-state index is 11.6. The Balaban J connectivity index is 2.13. The molecule has 5 heteroatoms. The van der Waals surface area contributed by atoms with Gasteiger partial charge in [-0.1, -0.05) is 38.5 Å². The van der Waals surface area contributed by atoms with Crippen LogP contribution in [0.4, 0.5) is 0 Å². The topological polar surface area (TPSA) is 61.8 Å². The molecule has 29 heavy (non-hydrogen) atoms. The van der Waals surface area contributed by atoms with Gasteiger partial charge >= 0.3 is 11.9 Å². The molecule has 0 atom stereocenters. The number of ether oxygens (including phenoxy) is 3. The SMILES string of the molecule is C=C(C)C(=O)OCCCCCCOc1ccc(/C=C/C(=O)OCCCCC)cc1. The first-order chi connectivity index (χ1) is 14.0. The molecule has 1 aromatic carbocycles. The summed E-state index contributed by atoms with van der Waals surface area (Å²) < 4.78 is 15.9. The van der Waals surface area contributed by atoms with Gasteiger partial charge in [0.2, 0.25) is 0 Å². The lowest BCUT2D eigenvalue weighted by Gasteiger charge is -2.07. The van der Waals surface area contributed by atoms with E-state index in [2.05, 4.69) is 13.5 Å². The van der Waals surface area contributed by atoms with Crippen molar-refractivity contribution in [2.45, 2.75) is 58.8 Å². The third kappa shape index (κ3) is 12.5. The second-order valence-electron chi connectivity index (χ2n) is 6.96. The van der Waals surface area contributed by atoms with E-state index in [9.17, 15) is 9.59 Å². The van der Waals surface area contributed by atoms with Crippen LogP contribution in [0.3, 0.4) is 0 Å². The molecule has 0 saturated carbocycles. The molecule has 0 amide bonds. The van der Waals surface area contributed by atoms with Gasteiger partial charge in [-0.3, -0.25) is 0 Å². The van der Waals surface area contributed by atoms with Crippen molar-refractivity contribution < 1.29 is 23.8 Å². The number of benzene rings is 1. The third-order valence-electron chi connectivity index (χ3n) is 4.17. The van der Waals surface area contributed by atoms with Gasteiger partial charge in [-0.15, -0.1) is 0 Å². The van der Waals surface area contributed by atoms with E-state index in [0.29, 0.717) is 25.4 Å². The predicted octanol–water partition coefficient (Wildman–Crippen LogP) is 5.49. The van der Waals surface area contributed by atoms with E-state index in [-0.39, 0.29) is 11.9 Å². The minimum atomic E-state index is -0.324. The zero-order chi connectivity index (χ0) is 21.3. The zero-order valence-corrected chi connectivity index (χ0v) is 17.8. The van der Waals surface area contributed by atoms with Crippen LogP contribution in [0.1, 0.15) is 64.4 Å². The lowest BCUT2D eigenvalue weighted by atomic mass is 10.2. The number of carbonyl (C=O) groups is 2. The average Bonchev–Trinajstić information content (AvgIpc) is 2.72. The molecule has 5 nitrogen and oxygen atoms in total. The van der Waals surface area contributed by atoms with Gasteiger partial charge in [0.15, 0.2) is 0 Å². The van der Waals surface area contributed by atoms with E-state index in [1.54, 1.807) is 13.0 Å². The fourth-order valence-electron chi connectivity index (χ4n) is 2.45. The number of hydrogen-bond donors (Lipinski definition) is 0. The molecule has 160 valence electrons. The Kier molecular flexibility index (Phi) is 13.0. The summed E-state index contributed by atoms with van der Waals surface area (Å²) in [6, 6.07) is 7.60. The highest BCUT2D eigenvalue weighted by Crippen LogP contribution is 2.14. The molecule has 0 aromatic heterocycles. The maximum Gasteiger partial charge on any atom is 0.333 e. The predicted molar refractivity (Wildman–Crippen MR) is 116 cm³/mol. The molecule has 0 bridgehead atoms. The first kappa shape index (κ1) is 24.5. The fourth-order valence-corrected chi connectivity index (χ4v) is 2.45. The minimum Gasteiger partial charge on any atom is -0.494 e. The Labute approximate surface area is 174 Å². The smallest absolute Gasteiger partial charge is 0.333 e. The van der Waals surface area contributed by atoms with Gasteiger partial charge in [-0.05, 0) is 62.8 Å². The lowest BCUT2D eigenvalue weighted by Crippen LogP contribution is -2.06. The van der Waals surface area contributed by atoms with Crippen molar-refractivity contribution in [1.29, 1.82) is 0 Å². The maximum absolute atomic E-state index is 11.6. The molecule has 0 aliphatic rings. The molecule has 0 fully saturated rings. The molecule has 1 aromatic rings. The van der Waals surface area contributed by atoms with Gasteiger partial charge in [0.05, 0.1) is 19.8 Å². The van der Waals surface area contributed by atoms with Crippen molar-refractivity contribution in [1.82, 2.24) is 0 Å². The first-order valence-electron chi connectivity index (χ1n) is 10.4. The molecule has 0 aliphatic carbocycles. The lowest BCUT2D eigenvalue weighted by molar-refractivity contribution is -0.139. The van der Waals surface area contributed by atoms with Crippen LogP contribution in [0.15, 0.2) is 42.5 Å². The van der Waals surface area contributed by atoms with Crippen molar-refractivity contribution in [2.75, 3.05) is 19.8 Å². The summed E-state index contributed by atoms with van der Waals surface area (Å²) in [5.41, 5.74) is 1.36. The van der Waals surface area contributed by atoms with Gasteiger partial charge in [0.1, 0.15) is 5.75 Å². The van der Waals surface area contributed by atoms with Crippen LogP contribution in [0.25, 0.3) is 6.08 Å². The molecule has 0 radical (unpaired) electrons. The van der Waals surface area contributed by atoms with E-state index in [4.69, 9.17) is 14.2 Å². The normalized spacial score (nSPS) is 10.7. The molecule has 0 aliphatic heterocycles. The standard InChI is InChI=1S/C24H34O5/c1-4-5-8-18-28-23(25)16-13-21-11-14-22(15-12-21)27-17-9-6-7-10-19-29-24(26)20(2)3/h11-16H,2,4-10,17-19H2,1,3H3/b16-13+. The number of hydrogen-bond acceptors (Lipinski definition) is 5. The Hall–Kier alpha value is -2.56. The minimum absolute atomic E-state index is 0.309. The van der Waals surface area contributed by atoms with Gasteiger partial charge in [-0.25, -0.2) is 9.59 Å². The Morgan fingerprint density at radius 2 is 1.52 bits per heavy atom. The molecule has 0 N–H and O–H groups in total. The summed E-state index contributed by atoms with van der Waals surface area (Å²) in [5.74, 6) is 0.172. The summed E-state index contributed by atoms with van der Waals surface area (Å²) in [6.45, 7) is 8.86. The summed E-state index contributed by atoms with van der Waals surface area (Å²) >= 11 is 0. The molecule has 0 spiro atoms. The number of carbonyl (C=O) groups excluding carboxylic acids is 2. The molecule has 0 unspecified atom stereocenters. The van der Waals surface area contributed by atoms with Crippen molar-refractivity contribution in [2.24, 2.45) is 0 Å². The van der Waals surface area contributed by atoms with Crippen LogP contribution < -0.4 is 4.74 Å². The van der Waals surface area contributed by atoms with Crippen molar-refractivity contribution in [3.8, 4) is 5.75 Å². The Morgan fingerprint density at radius 3 is 2.17 bits per heavy atom. The second kappa shape index (κ2) is 15.4. The van der Waals surface area contributed by atoms with E-state index in [1.807, 2.05) is 24.3 Å². The van der Waals surface area contributed by atoms with E-state index >= 15 is 0 Å². The highest BCUT2D eigenvalue weighted by atomic mass is 16.5. The zero-order valence-electron chi connectivity index (χ0n) is 17.8. The average molecular weight is 403 g/mol. The number of esters is 2. The highest BCUT2D eigenvalue weighted by Gasteiger charge is 2.02. The summed E-state index contributed by atoms with van der Waals surface area (Å²) in [6.07, 6.45) is 10.1.